The third-order valence-corrected chi connectivity index (χ3v) is 9.68. The summed E-state index contributed by atoms with van der Waals surface area (Å²) in [7, 11) is 0. The number of carboxylic acids is 1. The van der Waals surface area contributed by atoms with E-state index in [1.165, 1.54) is 16.2 Å². The number of thiophene rings is 1. The van der Waals surface area contributed by atoms with Gasteiger partial charge in [-0.1, -0.05) is 71.0 Å². The number of aromatic nitrogens is 2. The molecule has 1 atom stereocenters. The van der Waals surface area contributed by atoms with Crippen LogP contribution in [0.4, 0.5) is 0 Å². The van der Waals surface area contributed by atoms with Crippen molar-refractivity contribution in [3.8, 4) is 28.3 Å². The van der Waals surface area contributed by atoms with Gasteiger partial charge in [0.2, 0.25) is 5.91 Å². The number of carbonyl (C=O) groups is 3. The number of aliphatic carboxylic acids is 1. The van der Waals surface area contributed by atoms with Crippen molar-refractivity contribution >= 4 is 29.1 Å². The molecule has 2 N–H and O–H groups in total. The van der Waals surface area contributed by atoms with Gasteiger partial charge in [0, 0.05) is 47.9 Å². The second kappa shape index (κ2) is 14.5. The minimum Gasteiger partial charge on any atom is -0.494 e. The van der Waals surface area contributed by atoms with Crippen LogP contribution in [-0.2, 0) is 21.4 Å². The van der Waals surface area contributed by atoms with Gasteiger partial charge in [0.15, 0.2) is 5.82 Å². The molecular formula is C37H42N4O5S. The average Bonchev–Trinajstić information content (AvgIpc) is 3.52. The highest BCUT2D eigenvalue weighted by Gasteiger charge is 2.39. The van der Waals surface area contributed by atoms with E-state index in [-0.39, 0.29) is 36.7 Å². The van der Waals surface area contributed by atoms with Gasteiger partial charge in [0.1, 0.15) is 11.8 Å². The highest BCUT2D eigenvalue weighted by atomic mass is 32.1. The van der Waals surface area contributed by atoms with E-state index in [1.807, 2.05) is 54.6 Å². The summed E-state index contributed by atoms with van der Waals surface area (Å²) in [4.78, 5) is 50.3. The molecule has 246 valence electrons. The minimum absolute atomic E-state index is 0.0959. The van der Waals surface area contributed by atoms with Crippen molar-refractivity contribution in [1.29, 1.82) is 0 Å². The van der Waals surface area contributed by atoms with E-state index in [4.69, 9.17) is 4.74 Å². The zero-order chi connectivity index (χ0) is 33.7. The van der Waals surface area contributed by atoms with E-state index in [2.05, 4.69) is 49.9 Å². The van der Waals surface area contributed by atoms with E-state index in [9.17, 15) is 19.5 Å². The molecule has 47 heavy (non-hydrogen) atoms. The van der Waals surface area contributed by atoms with Crippen LogP contribution in [0.1, 0.15) is 61.2 Å². The maximum atomic E-state index is 13.5. The van der Waals surface area contributed by atoms with Gasteiger partial charge in [-0.3, -0.25) is 14.4 Å². The molecule has 0 spiro atoms. The molecule has 1 aliphatic rings. The Morgan fingerprint density at radius 1 is 0.936 bits per heavy atom. The molecule has 10 heteroatoms. The molecule has 9 nitrogen and oxygen atoms in total. The van der Waals surface area contributed by atoms with Crippen LogP contribution in [0.15, 0.2) is 73.1 Å². The lowest BCUT2D eigenvalue weighted by molar-refractivity contribution is -0.153. The second-order valence-corrected chi connectivity index (χ2v) is 14.6. The molecule has 1 aliphatic heterocycles. The average molecular weight is 655 g/mol. The van der Waals surface area contributed by atoms with Crippen molar-refractivity contribution < 1.29 is 24.2 Å². The topological polar surface area (TPSA) is 122 Å². The van der Waals surface area contributed by atoms with Crippen LogP contribution in [-0.4, -0.2) is 63.5 Å². The van der Waals surface area contributed by atoms with Crippen LogP contribution in [0.5, 0.6) is 5.75 Å². The number of rotatable bonds is 12. The highest BCUT2D eigenvalue weighted by molar-refractivity contribution is 7.14. The SMILES string of the molecule is CC(C)CCOc1ccc(-c2cnc(-c3ccc(C[C@H](NC(=O)c4ccc(C(C)(C)C)s4)C(=O)N4CC(C(=O)O)C4)cc3)nc2)cc1. The summed E-state index contributed by atoms with van der Waals surface area (Å²) < 4.78 is 5.82. The first-order chi connectivity index (χ1) is 22.4. The van der Waals surface area contributed by atoms with Gasteiger partial charge in [-0.25, -0.2) is 9.97 Å². The minimum atomic E-state index is -0.922. The third kappa shape index (κ3) is 8.62. The van der Waals surface area contributed by atoms with Crippen molar-refractivity contribution in [3.63, 3.8) is 0 Å². The van der Waals surface area contributed by atoms with Crippen molar-refractivity contribution in [3.05, 3.63) is 88.4 Å². The number of amides is 2. The Balaban J connectivity index is 1.25. The van der Waals surface area contributed by atoms with E-state index < -0.39 is 17.9 Å². The van der Waals surface area contributed by atoms with E-state index in [0.717, 1.165) is 39.3 Å². The summed E-state index contributed by atoms with van der Waals surface area (Å²) in [6.45, 7) is 11.6. The lowest BCUT2D eigenvalue weighted by atomic mass is 9.95. The fourth-order valence-corrected chi connectivity index (χ4v) is 6.10. The summed E-state index contributed by atoms with van der Waals surface area (Å²) in [5.41, 5.74) is 3.46. The van der Waals surface area contributed by atoms with Crippen LogP contribution in [0.2, 0.25) is 0 Å². The zero-order valence-corrected chi connectivity index (χ0v) is 28.3. The number of carbonyl (C=O) groups excluding carboxylic acids is 2. The number of carboxylic acid groups (broad SMARTS) is 1. The second-order valence-electron chi connectivity index (χ2n) is 13.5. The normalized spacial score (nSPS) is 14.0. The van der Waals surface area contributed by atoms with Crippen LogP contribution in [0.3, 0.4) is 0 Å². The predicted octanol–water partition coefficient (Wildman–Crippen LogP) is 6.48. The molecule has 1 fully saturated rings. The molecule has 0 aliphatic carbocycles. The molecule has 0 bridgehead atoms. The number of likely N-dealkylation sites (tertiary alicyclic amines) is 1. The largest absolute Gasteiger partial charge is 0.494 e. The first-order valence-electron chi connectivity index (χ1n) is 15.9. The van der Waals surface area contributed by atoms with E-state index in [0.29, 0.717) is 23.2 Å². The summed E-state index contributed by atoms with van der Waals surface area (Å²) in [6.07, 6.45) is 4.85. The summed E-state index contributed by atoms with van der Waals surface area (Å²) in [5.74, 6) is -0.110. The Bertz CT molecular complexity index is 1690. The quantitative estimate of drug-likeness (QED) is 0.179. The molecule has 2 amide bonds. The third-order valence-electron chi connectivity index (χ3n) is 8.17. The van der Waals surface area contributed by atoms with Gasteiger partial charge in [-0.05, 0) is 53.1 Å². The van der Waals surface area contributed by atoms with Crippen LogP contribution < -0.4 is 10.1 Å². The van der Waals surface area contributed by atoms with Gasteiger partial charge in [-0.15, -0.1) is 11.3 Å². The van der Waals surface area contributed by atoms with Gasteiger partial charge in [0.25, 0.3) is 5.91 Å². The van der Waals surface area contributed by atoms with Crippen molar-refractivity contribution in [2.45, 2.75) is 58.9 Å². The van der Waals surface area contributed by atoms with Crippen LogP contribution >= 0.6 is 11.3 Å². The van der Waals surface area contributed by atoms with Crippen LogP contribution in [0, 0.1) is 11.8 Å². The molecule has 2 aromatic heterocycles. The lowest BCUT2D eigenvalue weighted by Gasteiger charge is -2.38. The number of benzene rings is 2. The molecule has 0 radical (unpaired) electrons. The molecule has 1 saturated heterocycles. The number of nitrogens with zero attached hydrogens (tertiary/aromatic N) is 3. The predicted molar refractivity (Wildman–Crippen MR) is 184 cm³/mol. The first kappa shape index (κ1) is 33.8. The number of hydrogen-bond acceptors (Lipinski definition) is 7. The standard InChI is InChI=1S/C37H42N4O5S/c1-23(2)16-17-46-29-12-10-25(11-13-29)27-19-38-33(39-20-27)26-8-6-24(7-9-26)18-30(35(43)41-21-28(22-41)36(44)45)40-34(42)31-14-15-32(47-31)37(3,4)5/h6-15,19-20,23,28,30H,16-18,21-22H2,1-5H3,(H,40,42)(H,44,45)/t30-/m0/s1. The van der Waals surface area contributed by atoms with Crippen LogP contribution in [0.25, 0.3) is 22.5 Å². The molecule has 5 rings (SSSR count). The summed E-state index contributed by atoms with van der Waals surface area (Å²) in [6, 6.07) is 18.4. The van der Waals surface area contributed by atoms with Crippen molar-refractivity contribution in [2.75, 3.05) is 19.7 Å². The van der Waals surface area contributed by atoms with Crippen molar-refractivity contribution in [1.82, 2.24) is 20.2 Å². The Labute approximate surface area is 280 Å². The molecule has 0 unspecified atom stereocenters. The Hall–Kier alpha value is -4.57. The zero-order valence-electron chi connectivity index (χ0n) is 27.5. The number of ether oxygens (including phenoxy) is 1. The monoisotopic (exact) mass is 654 g/mol. The maximum absolute atomic E-state index is 13.5. The molecule has 0 saturated carbocycles. The summed E-state index contributed by atoms with van der Waals surface area (Å²) >= 11 is 1.41. The molecule has 2 aromatic carbocycles. The highest BCUT2D eigenvalue weighted by Crippen LogP contribution is 2.30. The molecule has 4 aromatic rings. The summed E-state index contributed by atoms with van der Waals surface area (Å²) in [5, 5.41) is 12.2. The van der Waals surface area contributed by atoms with Gasteiger partial charge in [-0.2, -0.15) is 0 Å². The van der Waals surface area contributed by atoms with Gasteiger partial charge < -0.3 is 20.1 Å². The fourth-order valence-electron chi connectivity index (χ4n) is 5.14. The fraction of sp³-hybridized carbons (Fsp3) is 0.378. The Morgan fingerprint density at radius 3 is 2.15 bits per heavy atom. The van der Waals surface area contributed by atoms with Gasteiger partial charge in [0.05, 0.1) is 17.4 Å². The van der Waals surface area contributed by atoms with E-state index in [1.54, 1.807) is 18.5 Å². The Kier molecular flexibility index (Phi) is 10.4. The maximum Gasteiger partial charge on any atom is 0.310 e. The number of hydrogen-bond donors (Lipinski definition) is 2. The smallest absolute Gasteiger partial charge is 0.310 e. The van der Waals surface area contributed by atoms with Crippen molar-refractivity contribution in [2.24, 2.45) is 11.8 Å². The number of nitrogens with one attached hydrogen (secondary N) is 1. The lowest BCUT2D eigenvalue weighted by Crippen LogP contribution is -2.59. The molecule has 3 heterocycles. The van der Waals surface area contributed by atoms with Gasteiger partial charge >= 0.3 is 5.97 Å². The first-order valence-corrected chi connectivity index (χ1v) is 16.8. The molecular weight excluding hydrogens is 612 g/mol. The Morgan fingerprint density at radius 2 is 1.57 bits per heavy atom. The van der Waals surface area contributed by atoms with E-state index >= 15 is 0 Å².